The fourth-order valence-corrected chi connectivity index (χ4v) is 1.44. The van der Waals surface area contributed by atoms with Gasteiger partial charge in [0.2, 0.25) is 0 Å². The monoisotopic (exact) mass is 278 g/mol. The van der Waals surface area contributed by atoms with Crippen LogP contribution >= 0.6 is 15.9 Å². The summed E-state index contributed by atoms with van der Waals surface area (Å²) in [6, 6.07) is 6.40. The molecule has 80 valence electrons. The molecule has 0 saturated heterocycles. The molecule has 0 bridgehead atoms. The van der Waals surface area contributed by atoms with E-state index >= 15 is 0 Å². The summed E-state index contributed by atoms with van der Waals surface area (Å²) in [6.45, 7) is -1.15. The number of hydrogen-bond acceptors (Lipinski definition) is 2. The summed E-state index contributed by atoms with van der Waals surface area (Å²) in [7, 11) is 0. The lowest BCUT2D eigenvalue weighted by atomic mass is 10.2. The number of nitrogens with zero attached hydrogens (tertiary/aromatic N) is 1. The highest BCUT2D eigenvalue weighted by atomic mass is 79.9. The van der Waals surface area contributed by atoms with Crippen molar-refractivity contribution >= 4 is 21.6 Å². The van der Waals surface area contributed by atoms with Crippen LogP contribution in [0.15, 0.2) is 22.7 Å². The zero-order valence-corrected chi connectivity index (χ0v) is 8.98. The van der Waals surface area contributed by atoms with Crippen LogP contribution in [-0.2, 0) is 0 Å². The Morgan fingerprint density at radius 3 is 2.60 bits per heavy atom. The molecule has 0 heterocycles. The van der Waals surface area contributed by atoms with Crippen LogP contribution in [0.1, 0.15) is 5.56 Å². The molecule has 0 aliphatic heterocycles. The molecule has 0 unspecified atom stereocenters. The fraction of sp³-hybridized carbons (Fsp3) is 0.222. The van der Waals surface area contributed by atoms with Gasteiger partial charge >= 0.3 is 6.18 Å². The molecular weight excluding hydrogens is 273 g/mol. The van der Waals surface area contributed by atoms with Crippen LogP contribution in [0.5, 0.6) is 0 Å². The first-order valence-corrected chi connectivity index (χ1v) is 4.72. The first-order valence-electron chi connectivity index (χ1n) is 3.93. The van der Waals surface area contributed by atoms with Gasteiger partial charge in [-0.1, -0.05) is 6.07 Å². The highest BCUT2D eigenvalue weighted by Gasteiger charge is 2.27. The van der Waals surface area contributed by atoms with Crippen molar-refractivity contribution in [2.75, 3.05) is 11.9 Å². The van der Waals surface area contributed by atoms with E-state index in [1.807, 2.05) is 6.07 Å². The third-order valence-corrected chi connectivity index (χ3v) is 2.27. The van der Waals surface area contributed by atoms with Crippen molar-refractivity contribution in [2.24, 2.45) is 0 Å². The van der Waals surface area contributed by atoms with E-state index < -0.39 is 12.7 Å². The molecule has 0 aliphatic carbocycles. The molecule has 0 amide bonds. The van der Waals surface area contributed by atoms with Gasteiger partial charge in [0.05, 0.1) is 11.3 Å². The molecule has 6 heteroatoms. The van der Waals surface area contributed by atoms with Gasteiger partial charge in [0.1, 0.15) is 12.6 Å². The molecule has 0 saturated carbocycles. The van der Waals surface area contributed by atoms with Gasteiger partial charge < -0.3 is 5.32 Å². The van der Waals surface area contributed by atoms with Gasteiger partial charge in [-0.3, -0.25) is 0 Å². The number of rotatable bonds is 2. The van der Waals surface area contributed by atoms with E-state index in [0.717, 1.165) is 0 Å². The quantitative estimate of drug-likeness (QED) is 0.901. The van der Waals surface area contributed by atoms with Crippen molar-refractivity contribution in [3.63, 3.8) is 0 Å². The van der Waals surface area contributed by atoms with Gasteiger partial charge in [-0.25, -0.2) is 0 Å². The molecule has 0 radical (unpaired) electrons. The van der Waals surface area contributed by atoms with Crippen molar-refractivity contribution in [3.05, 3.63) is 28.2 Å². The standard InChI is InChI=1S/C9H6BrF3N2/c10-7-2-1-3-8(6(7)4-14)15-5-9(11,12)13/h1-3,15H,5H2. The minimum absolute atomic E-state index is 0.168. The second-order valence-corrected chi connectivity index (χ2v) is 3.60. The lowest BCUT2D eigenvalue weighted by Crippen LogP contribution is -2.21. The first kappa shape index (κ1) is 11.9. The SMILES string of the molecule is N#Cc1c(Br)cccc1NCC(F)(F)F. The number of halogens is 4. The lowest BCUT2D eigenvalue weighted by Gasteiger charge is -2.11. The predicted molar refractivity (Wildman–Crippen MR) is 53.4 cm³/mol. The van der Waals surface area contributed by atoms with Crippen molar-refractivity contribution < 1.29 is 13.2 Å². The minimum Gasteiger partial charge on any atom is -0.375 e. The van der Waals surface area contributed by atoms with E-state index in [-0.39, 0.29) is 11.3 Å². The van der Waals surface area contributed by atoms with Crippen LogP contribution in [-0.4, -0.2) is 12.7 Å². The van der Waals surface area contributed by atoms with Crippen LogP contribution in [0.3, 0.4) is 0 Å². The Bertz CT molecular complexity index is 395. The predicted octanol–water partition coefficient (Wildman–Crippen LogP) is 3.29. The molecule has 0 fully saturated rings. The Morgan fingerprint density at radius 2 is 2.07 bits per heavy atom. The third-order valence-electron chi connectivity index (χ3n) is 1.60. The summed E-state index contributed by atoms with van der Waals surface area (Å²) in [4.78, 5) is 0. The van der Waals surface area contributed by atoms with Crippen molar-refractivity contribution in [1.82, 2.24) is 0 Å². The molecule has 0 aliphatic rings. The Balaban J connectivity index is 2.87. The fourth-order valence-electron chi connectivity index (χ4n) is 0.981. The third kappa shape index (κ3) is 3.44. The molecule has 1 N–H and O–H groups in total. The van der Waals surface area contributed by atoms with Crippen molar-refractivity contribution in [1.29, 1.82) is 5.26 Å². The largest absolute Gasteiger partial charge is 0.405 e. The molecular formula is C9H6BrF3N2. The Labute approximate surface area is 92.8 Å². The number of nitrogens with one attached hydrogen (secondary N) is 1. The van der Waals surface area contributed by atoms with Gasteiger partial charge in [-0.2, -0.15) is 18.4 Å². The zero-order chi connectivity index (χ0) is 11.5. The summed E-state index contributed by atoms with van der Waals surface area (Å²) in [6.07, 6.45) is -4.30. The molecule has 1 aromatic rings. The van der Waals surface area contributed by atoms with Gasteiger partial charge in [-0.05, 0) is 28.1 Å². The number of hydrogen-bond donors (Lipinski definition) is 1. The van der Waals surface area contributed by atoms with E-state index in [9.17, 15) is 13.2 Å². The Morgan fingerprint density at radius 1 is 1.40 bits per heavy atom. The number of nitriles is 1. The maximum atomic E-state index is 11.9. The van der Waals surface area contributed by atoms with Gasteiger partial charge in [0.25, 0.3) is 0 Å². The maximum Gasteiger partial charge on any atom is 0.405 e. The summed E-state index contributed by atoms with van der Waals surface area (Å²) >= 11 is 3.08. The molecule has 1 rings (SSSR count). The normalized spacial score (nSPS) is 10.9. The lowest BCUT2D eigenvalue weighted by molar-refractivity contribution is -0.115. The molecule has 0 atom stereocenters. The summed E-state index contributed by atoms with van der Waals surface area (Å²) in [5.74, 6) is 0. The second kappa shape index (κ2) is 4.53. The van der Waals surface area contributed by atoms with Crippen molar-refractivity contribution in [2.45, 2.75) is 6.18 Å². The van der Waals surface area contributed by atoms with Crippen LogP contribution in [0.4, 0.5) is 18.9 Å². The van der Waals surface area contributed by atoms with E-state index in [4.69, 9.17) is 5.26 Å². The number of alkyl halides is 3. The van der Waals surface area contributed by atoms with E-state index in [1.165, 1.54) is 6.07 Å². The Hall–Kier alpha value is -1.22. The van der Waals surface area contributed by atoms with Gasteiger partial charge in [0, 0.05) is 4.47 Å². The highest BCUT2D eigenvalue weighted by molar-refractivity contribution is 9.10. The number of anilines is 1. The molecule has 0 aromatic heterocycles. The smallest absolute Gasteiger partial charge is 0.375 e. The summed E-state index contributed by atoms with van der Waals surface area (Å²) < 4.78 is 36.2. The zero-order valence-electron chi connectivity index (χ0n) is 7.40. The van der Waals surface area contributed by atoms with Crippen LogP contribution in [0, 0.1) is 11.3 Å². The second-order valence-electron chi connectivity index (χ2n) is 2.74. The average Bonchev–Trinajstić information content (AvgIpc) is 2.13. The molecule has 1 aromatic carbocycles. The van der Waals surface area contributed by atoms with E-state index in [1.54, 1.807) is 12.1 Å². The molecule has 2 nitrogen and oxygen atoms in total. The molecule has 0 spiro atoms. The van der Waals surface area contributed by atoms with Crippen LogP contribution in [0.2, 0.25) is 0 Å². The van der Waals surface area contributed by atoms with Gasteiger partial charge in [-0.15, -0.1) is 0 Å². The van der Waals surface area contributed by atoms with E-state index in [2.05, 4.69) is 21.2 Å². The van der Waals surface area contributed by atoms with E-state index in [0.29, 0.717) is 4.47 Å². The molecule has 15 heavy (non-hydrogen) atoms. The highest BCUT2D eigenvalue weighted by Crippen LogP contribution is 2.25. The van der Waals surface area contributed by atoms with Gasteiger partial charge in [0.15, 0.2) is 0 Å². The van der Waals surface area contributed by atoms with Crippen LogP contribution < -0.4 is 5.32 Å². The summed E-state index contributed by atoms with van der Waals surface area (Å²) in [5, 5.41) is 10.9. The maximum absolute atomic E-state index is 11.9. The Kier molecular flexibility index (Phi) is 3.58. The average molecular weight is 279 g/mol. The minimum atomic E-state index is -4.30. The topological polar surface area (TPSA) is 35.8 Å². The number of benzene rings is 1. The first-order chi connectivity index (χ1) is 6.94. The summed E-state index contributed by atoms with van der Waals surface area (Å²) in [5.41, 5.74) is 0.339. The van der Waals surface area contributed by atoms with Crippen LogP contribution in [0.25, 0.3) is 0 Å². The van der Waals surface area contributed by atoms with Crippen molar-refractivity contribution in [3.8, 4) is 6.07 Å².